The van der Waals surface area contributed by atoms with Crippen LogP contribution in [0, 0.1) is 11.6 Å². The van der Waals surface area contributed by atoms with E-state index in [4.69, 9.17) is 0 Å². The Bertz CT molecular complexity index is 657. The van der Waals surface area contributed by atoms with Crippen LogP contribution in [0.1, 0.15) is 12.1 Å². The molecule has 1 fully saturated rings. The Balaban J connectivity index is 1.77. The molecule has 0 bridgehead atoms. The predicted molar refractivity (Wildman–Crippen MR) is 80.7 cm³/mol. The Labute approximate surface area is 131 Å². The van der Waals surface area contributed by atoms with Crippen molar-refractivity contribution in [3.8, 4) is 0 Å². The summed E-state index contributed by atoms with van der Waals surface area (Å²) in [5, 5.41) is 1.92. The van der Waals surface area contributed by atoms with Crippen LogP contribution in [0.4, 0.5) is 14.5 Å². The molecule has 1 aliphatic heterocycles. The van der Waals surface area contributed by atoms with Crippen LogP contribution in [-0.2, 0) is 11.3 Å². The van der Waals surface area contributed by atoms with Gasteiger partial charge in [0.05, 0.1) is 17.2 Å². The van der Waals surface area contributed by atoms with Gasteiger partial charge in [-0.2, -0.15) is 0 Å². The summed E-state index contributed by atoms with van der Waals surface area (Å²) in [6.45, 7) is 0.844. The first kappa shape index (κ1) is 15.1. The van der Waals surface area contributed by atoms with Crippen LogP contribution >= 0.6 is 11.3 Å². The highest BCUT2D eigenvalue weighted by Crippen LogP contribution is 2.29. The number of carbonyl (C=O) groups is 1. The van der Waals surface area contributed by atoms with E-state index in [1.165, 1.54) is 22.3 Å². The number of likely N-dealkylation sites (N-methyl/N-ethyl adjacent to an activating group) is 1. The zero-order valence-electron chi connectivity index (χ0n) is 12.0. The number of para-hydroxylation sites is 1. The standard InChI is InChI=1S/C15H15F2N3OS/c1-19(7-10-8-22-9-18-10)13-5-6-20(15(13)21)14-11(16)3-2-4-12(14)17/h2-4,8-9,13H,5-7H2,1H3/t13-/m1/s1. The predicted octanol–water partition coefficient (Wildman–Crippen LogP) is 2.66. The summed E-state index contributed by atoms with van der Waals surface area (Å²) in [6, 6.07) is 3.23. The van der Waals surface area contributed by atoms with Crippen LogP contribution in [0.3, 0.4) is 0 Å². The maximum atomic E-state index is 13.9. The van der Waals surface area contributed by atoms with E-state index in [2.05, 4.69) is 4.98 Å². The number of hydrogen-bond donors (Lipinski definition) is 0. The van der Waals surface area contributed by atoms with Gasteiger partial charge in [0, 0.05) is 18.5 Å². The minimum absolute atomic E-state index is 0.253. The van der Waals surface area contributed by atoms with Crippen molar-refractivity contribution in [2.75, 3.05) is 18.5 Å². The maximum absolute atomic E-state index is 13.9. The summed E-state index contributed by atoms with van der Waals surface area (Å²) in [5.74, 6) is -1.70. The van der Waals surface area contributed by atoms with Gasteiger partial charge in [-0.05, 0) is 25.6 Å². The second-order valence-corrected chi connectivity index (χ2v) is 5.98. The summed E-state index contributed by atoms with van der Waals surface area (Å²) >= 11 is 1.49. The van der Waals surface area contributed by atoms with Crippen LogP contribution in [-0.4, -0.2) is 35.4 Å². The number of thiazole rings is 1. The number of aromatic nitrogens is 1. The molecule has 1 atom stereocenters. The fraction of sp³-hybridized carbons (Fsp3) is 0.333. The SMILES string of the molecule is CN(Cc1cscn1)[C@@H]1CCN(c2c(F)cccc2F)C1=O. The molecular formula is C15H15F2N3OS. The minimum Gasteiger partial charge on any atom is -0.306 e. The molecule has 3 rings (SSSR count). The number of anilines is 1. The molecule has 2 aromatic rings. The molecule has 1 aromatic heterocycles. The highest BCUT2D eigenvalue weighted by molar-refractivity contribution is 7.07. The number of amides is 1. The molecule has 0 unspecified atom stereocenters. The van der Waals surface area contributed by atoms with E-state index in [-0.39, 0.29) is 17.6 Å². The van der Waals surface area contributed by atoms with Crippen molar-refractivity contribution in [3.63, 3.8) is 0 Å². The van der Waals surface area contributed by atoms with E-state index in [0.717, 1.165) is 17.8 Å². The molecule has 7 heteroatoms. The first-order chi connectivity index (χ1) is 10.6. The van der Waals surface area contributed by atoms with E-state index < -0.39 is 11.6 Å². The summed E-state index contributed by atoms with van der Waals surface area (Å²) in [7, 11) is 1.82. The summed E-state index contributed by atoms with van der Waals surface area (Å²) < 4.78 is 27.7. The van der Waals surface area contributed by atoms with Gasteiger partial charge in [-0.15, -0.1) is 11.3 Å². The molecule has 116 valence electrons. The molecule has 1 aliphatic rings. The van der Waals surface area contributed by atoms with E-state index in [1.807, 2.05) is 17.3 Å². The largest absolute Gasteiger partial charge is 0.306 e. The Kier molecular flexibility index (Phi) is 4.17. The molecule has 4 nitrogen and oxygen atoms in total. The Morgan fingerprint density at radius 3 is 2.77 bits per heavy atom. The van der Waals surface area contributed by atoms with E-state index in [9.17, 15) is 13.6 Å². The van der Waals surface area contributed by atoms with Gasteiger partial charge in [-0.25, -0.2) is 13.8 Å². The third-order valence-electron chi connectivity index (χ3n) is 3.81. The minimum atomic E-state index is -0.712. The van der Waals surface area contributed by atoms with Crippen molar-refractivity contribution in [2.45, 2.75) is 19.0 Å². The number of hydrogen-bond acceptors (Lipinski definition) is 4. The van der Waals surface area contributed by atoms with E-state index >= 15 is 0 Å². The molecule has 0 spiro atoms. The molecule has 22 heavy (non-hydrogen) atoms. The number of carbonyl (C=O) groups excluding carboxylic acids is 1. The molecule has 1 amide bonds. The van der Waals surface area contributed by atoms with Gasteiger partial charge in [-0.1, -0.05) is 6.07 Å². The number of benzene rings is 1. The van der Waals surface area contributed by atoms with Crippen molar-refractivity contribution in [3.05, 3.63) is 46.4 Å². The lowest BCUT2D eigenvalue weighted by Crippen LogP contribution is -2.39. The lowest BCUT2D eigenvalue weighted by Gasteiger charge is -2.23. The van der Waals surface area contributed by atoms with Crippen LogP contribution in [0.2, 0.25) is 0 Å². The summed E-state index contributed by atoms with van der Waals surface area (Å²) in [4.78, 5) is 19.8. The molecule has 0 N–H and O–H groups in total. The topological polar surface area (TPSA) is 36.4 Å². The van der Waals surface area contributed by atoms with Crippen LogP contribution < -0.4 is 4.90 Å². The van der Waals surface area contributed by atoms with Gasteiger partial charge in [0.15, 0.2) is 0 Å². The number of halogens is 2. The highest BCUT2D eigenvalue weighted by Gasteiger charge is 2.37. The quantitative estimate of drug-likeness (QED) is 0.868. The van der Waals surface area contributed by atoms with Gasteiger partial charge in [0.25, 0.3) is 0 Å². The van der Waals surface area contributed by atoms with E-state index in [0.29, 0.717) is 19.5 Å². The van der Waals surface area contributed by atoms with Gasteiger partial charge in [0.2, 0.25) is 5.91 Å². The van der Waals surface area contributed by atoms with Gasteiger partial charge >= 0.3 is 0 Å². The van der Waals surface area contributed by atoms with Crippen molar-refractivity contribution >= 4 is 22.9 Å². The smallest absolute Gasteiger partial charge is 0.244 e. The second kappa shape index (κ2) is 6.10. The maximum Gasteiger partial charge on any atom is 0.244 e. The molecular weight excluding hydrogens is 308 g/mol. The third kappa shape index (κ3) is 2.74. The molecule has 1 saturated heterocycles. The lowest BCUT2D eigenvalue weighted by molar-refractivity contribution is -0.121. The average molecular weight is 323 g/mol. The van der Waals surface area contributed by atoms with E-state index in [1.54, 1.807) is 5.51 Å². The van der Waals surface area contributed by atoms with Gasteiger partial charge in [-0.3, -0.25) is 9.69 Å². The van der Waals surface area contributed by atoms with Gasteiger partial charge < -0.3 is 4.90 Å². The van der Waals surface area contributed by atoms with Crippen molar-refractivity contribution in [1.82, 2.24) is 9.88 Å². The monoisotopic (exact) mass is 323 g/mol. The van der Waals surface area contributed by atoms with Crippen molar-refractivity contribution in [1.29, 1.82) is 0 Å². The van der Waals surface area contributed by atoms with Crippen LogP contribution in [0.15, 0.2) is 29.1 Å². The normalized spacial score (nSPS) is 18.5. The lowest BCUT2D eigenvalue weighted by atomic mass is 10.2. The average Bonchev–Trinajstić information content (AvgIpc) is 3.09. The number of rotatable bonds is 4. The fourth-order valence-electron chi connectivity index (χ4n) is 2.72. The number of nitrogens with zero attached hydrogens (tertiary/aromatic N) is 3. The molecule has 2 heterocycles. The Morgan fingerprint density at radius 2 is 2.14 bits per heavy atom. The summed E-state index contributed by atoms with van der Waals surface area (Å²) in [5.41, 5.74) is 2.37. The van der Waals surface area contributed by atoms with Crippen LogP contribution in [0.5, 0.6) is 0 Å². The van der Waals surface area contributed by atoms with Crippen molar-refractivity contribution < 1.29 is 13.6 Å². The fourth-order valence-corrected chi connectivity index (χ4v) is 3.27. The molecule has 0 radical (unpaired) electrons. The first-order valence-electron chi connectivity index (χ1n) is 6.90. The third-order valence-corrected chi connectivity index (χ3v) is 4.45. The first-order valence-corrected chi connectivity index (χ1v) is 7.85. The Morgan fingerprint density at radius 1 is 1.41 bits per heavy atom. The highest BCUT2D eigenvalue weighted by atomic mass is 32.1. The molecule has 0 aliphatic carbocycles. The van der Waals surface area contributed by atoms with Gasteiger partial charge in [0.1, 0.15) is 17.3 Å². The van der Waals surface area contributed by atoms with Crippen molar-refractivity contribution in [2.24, 2.45) is 0 Å². The zero-order valence-corrected chi connectivity index (χ0v) is 12.8. The second-order valence-electron chi connectivity index (χ2n) is 5.26. The zero-order chi connectivity index (χ0) is 15.7. The Hall–Kier alpha value is -1.86. The van der Waals surface area contributed by atoms with Crippen LogP contribution in [0.25, 0.3) is 0 Å². The summed E-state index contributed by atoms with van der Waals surface area (Å²) in [6.07, 6.45) is 0.535. The molecule has 1 aromatic carbocycles. The molecule has 0 saturated carbocycles.